The van der Waals surface area contributed by atoms with Crippen molar-refractivity contribution < 1.29 is 0 Å². The van der Waals surface area contributed by atoms with E-state index in [1.165, 1.54) is 16.8 Å². The van der Waals surface area contributed by atoms with Crippen molar-refractivity contribution in [2.75, 3.05) is 18.4 Å². The Kier molecular flexibility index (Phi) is 4.47. The van der Waals surface area contributed by atoms with Gasteiger partial charge in [-0.2, -0.15) is 0 Å². The summed E-state index contributed by atoms with van der Waals surface area (Å²) in [7, 11) is 0. The molecule has 78 valence electrons. The normalized spacial score (nSPS) is 10.2. The monoisotopic (exact) mass is 192 g/mol. The molecule has 0 saturated heterocycles. The zero-order chi connectivity index (χ0) is 10.4. The lowest BCUT2D eigenvalue weighted by molar-refractivity contribution is 0.871. The molecule has 0 aliphatic carbocycles. The first-order valence-corrected chi connectivity index (χ1v) is 5.32. The molecule has 14 heavy (non-hydrogen) atoms. The highest BCUT2D eigenvalue weighted by Gasteiger charge is 2.01. The molecule has 1 aromatic carbocycles. The van der Waals surface area contributed by atoms with Crippen LogP contribution in [0.4, 0.5) is 5.69 Å². The smallest absolute Gasteiger partial charge is 0.0402 e. The molecule has 0 spiro atoms. The van der Waals surface area contributed by atoms with Gasteiger partial charge in [0.2, 0.25) is 0 Å². The van der Waals surface area contributed by atoms with Crippen LogP contribution < -0.4 is 11.1 Å². The molecule has 0 amide bonds. The van der Waals surface area contributed by atoms with E-state index in [9.17, 15) is 0 Å². The van der Waals surface area contributed by atoms with Gasteiger partial charge < -0.3 is 11.1 Å². The van der Waals surface area contributed by atoms with E-state index < -0.39 is 0 Å². The Morgan fingerprint density at radius 1 is 1.36 bits per heavy atom. The summed E-state index contributed by atoms with van der Waals surface area (Å²) in [5.74, 6) is 0. The first-order chi connectivity index (χ1) is 6.79. The number of hydrogen-bond donors (Lipinski definition) is 2. The summed E-state index contributed by atoms with van der Waals surface area (Å²) in [6.45, 7) is 6.04. The molecule has 0 aliphatic rings. The van der Waals surface area contributed by atoms with Crippen molar-refractivity contribution in [2.45, 2.75) is 26.7 Å². The van der Waals surface area contributed by atoms with E-state index in [0.29, 0.717) is 0 Å². The molecule has 3 N–H and O–H groups in total. The van der Waals surface area contributed by atoms with Crippen LogP contribution >= 0.6 is 0 Å². The van der Waals surface area contributed by atoms with Crippen LogP contribution in [-0.2, 0) is 6.42 Å². The minimum absolute atomic E-state index is 0.750. The van der Waals surface area contributed by atoms with Crippen molar-refractivity contribution >= 4 is 5.69 Å². The Morgan fingerprint density at radius 3 is 2.79 bits per heavy atom. The molecule has 0 heterocycles. The maximum absolute atomic E-state index is 5.46. The predicted molar refractivity (Wildman–Crippen MR) is 62.7 cm³/mol. The van der Waals surface area contributed by atoms with Crippen LogP contribution in [0.2, 0.25) is 0 Å². The second-order valence-corrected chi connectivity index (χ2v) is 3.53. The summed E-state index contributed by atoms with van der Waals surface area (Å²) in [5.41, 5.74) is 9.47. The second kappa shape index (κ2) is 5.66. The van der Waals surface area contributed by atoms with E-state index >= 15 is 0 Å². The Morgan fingerprint density at radius 2 is 2.14 bits per heavy atom. The lowest BCUT2D eigenvalue weighted by atomic mass is 10.1. The van der Waals surface area contributed by atoms with Gasteiger partial charge in [-0.05, 0) is 37.4 Å². The molecule has 2 heteroatoms. The van der Waals surface area contributed by atoms with E-state index in [-0.39, 0.29) is 0 Å². The van der Waals surface area contributed by atoms with Gasteiger partial charge in [0.05, 0.1) is 0 Å². The zero-order valence-electron chi connectivity index (χ0n) is 9.14. The maximum atomic E-state index is 5.46. The van der Waals surface area contributed by atoms with Crippen molar-refractivity contribution in [1.82, 2.24) is 0 Å². The molecule has 1 aromatic rings. The number of hydrogen-bond acceptors (Lipinski definition) is 2. The number of benzene rings is 1. The number of rotatable bonds is 5. The quantitative estimate of drug-likeness (QED) is 0.703. The van der Waals surface area contributed by atoms with Crippen LogP contribution in [0.15, 0.2) is 18.2 Å². The van der Waals surface area contributed by atoms with Gasteiger partial charge in [-0.15, -0.1) is 0 Å². The summed E-state index contributed by atoms with van der Waals surface area (Å²) in [6.07, 6.45) is 2.10. The highest BCUT2D eigenvalue weighted by atomic mass is 14.9. The molecule has 0 unspecified atom stereocenters. The Balaban J connectivity index is 2.72. The summed E-state index contributed by atoms with van der Waals surface area (Å²) in [4.78, 5) is 0. The molecule has 0 radical (unpaired) electrons. The fourth-order valence-corrected chi connectivity index (χ4v) is 1.59. The van der Waals surface area contributed by atoms with Crippen molar-refractivity contribution in [2.24, 2.45) is 5.73 Å². The van der Waals surface area contributed by atoms with Crippen molar-refractivity contribution in [3.05, 3.63) is 29.3 Å². The van der Waals surface area contributed by atoms with Crippen LogP contribution in [0.25, 0.3) is 0 Å². The van der Waals surface area contributed by atoms with Crippen molar-refractivity contribution in [3.63, 3.8) is 0 Å². The van der Waals surface area contributed by atoms with Crippen LogP contribution in [-0.4, -0.2) is 13.1 Å². The standard InChI is InChI=1S/C12H20N2/c1-3-11-7-4-6-10(2)12(11)14-9-5-8-13/h4,6-7,14H,3,5,8-9,13H2,1-2H3. The molecule has 0 aromatic heterocycles. The van der Waals surface area contributed by atoms with E-state index in [1.807, 2.05) is 0 Å². The molecule has 0 saturated carbocycles. The fraction of sp³-hybridized carbons (Fsp3) is 0.500. The largest absolute Gasteiger partial charge is 0.385 e. The SMILES string of the molecule is CCc1cccc(C)c1NCCCN. The predicted octanol–water partition coefficient (Wildman–Crippen LogP) is 2.32. The van der Waals surface area contributed by atoms with E-state index in [2.05, 4.69) is 37.4 Å². The molecule has 0 fully saturated rings. The molecular formula is C12H20N2. The number of nitrogens with two attached hydrogens (primary N) is 1. The summed E-state index contributed by atoms with van der Waals surface area (Å²) < 4.78 is 0. The van der Waals surface area contributed by atoms with Crippen LogP contribution in [0.3, 0.4) is 0 Å². The van der Waals surface area contributed by atoms with Gasteiger partial charge in [0, 0.05) is 12.2 Å². The first kappa shape index (κ1) is 11.1. The molecular weight excluding hydrogens is 172 g/mol. The van der Waals surface area contributed by atoms with E-state index in [1.54, 1.807) is 0 Å². The molecule has 0 atom stereocenters. The molecule has 0 bridgehead atoms. The highest BCUT2D eigenvalue weighted by molar-refractivity contribution is 5.57. The third-order valence-corrected chi connectivity index (χ3v) is 2.42. The third-order valence-electron chi connectivity index (χ3n) is 2.42. The topological polar surface area (TPSA) is 38.0 Å². The van der Waals surface area contributed by atoms with Crippen LogP contribution in [0.5, 0.6) is 0 Å². The van der Waals surface area contributed by atoms with Crippen molar-refractivity contribution in [3.8, 4) is 0 Å². The minimum atomic E-state index is 0.750. The Labute approximate surface area is 86.5 Å². The Bertz CT molecular complexity index is 282. The van der Waals surface area contributed by atoms with Gasteiger partial charge in [-0.1, -0.05) is 25.1 Å². The van der Waals surface area contributed by atoms with E-state index in [0.717, 1.165) is 25.9 Å². The number of nitrogens with one attached hydrogen (secondary N) is 1. The average Bonchev–Trinajstić information content (AvgIpc) is 2.20. The maximum Gasteiger partial charge on any atom is 0.0402 e. The second-order valence-electron chi connectivity index (χ2n) is 3.53. The summed E-state index contributed by atoms with van der Waals surface area (Å²) >= 11 is 0. The van der Waals surface area contributed by atoms with Gasteiger partial charge in [0.25, 0.3) is 0 Å². The van der Waals surface area contributed by atoms with E-state index in [4.69, 9.17) is 5.73 Å². The minimum Gasteiger partial charge on any atom is -0.385 e. The lowest BCUT2D eigenvalue weighted by Crippen LogP contribution is -2.10. The zero-order valence-corrected chi connectivity index (χ0v) is 9.14. The van der Waals surface area contributed by atoms with Gasteiger partial charge in [0.1, 0.15) is 0 Å². The number of para-hydroxylation sites is 1. The summed E-state index contributed by atoms with van der Waals surface area (Å²) in [5, 5.41) is 3.45. The average molecular weight is 192 g/mol. The molecule has 1 rings (SSSR count). The van der Waals surface area contributed by atoms with Gasteiger partial charge in [-0.25, -0.2) is 0 Å². The van der Waals surface area contributed by atoms with Crippen LogP contribution in [0.1, 0.15) is 24.5 Å². The summed E-state index contributed by atoms with van der Waals surface area (Å²) in [6, 6.07) is 6.43. The highest BCUT2D eigenvalue weighted by Crippen LogP contribution is 2.20. The third kappa shape index (κ3) is 2.74. The molecule has 2 nitrogen and oxygen atoms in total. The Hall–Kier alpha value is -1.02. The number of anilines is 1. The number of aryl methyl sites for hydroxylation is 2. The lowest BCUT2D eigenvalue weighted by Gasteiger charge is -2.13. The van der Waals surface area contributed by atoms with Gasteiger partial charge in [-0.3, -0.25) is 0 Å². The first-order valence-electron chi connectivity index (χ1n) is 5.32. The van der Waals surface area contributed by atoms with Crippen LogP contribution in [0, 0.1) is 6.92 Å². The van der Waals surface area contributed by atoms with Gasteiger partial charge >= 0.3 is 0 Å². The van der Waals surface area contributed by atoms with Gasteiger partial charge in [0.15, 0.2) is 0 Å². The fourth-order valence-electron chi connectivity index (χ4n) is 1.59. The molecule has 0 aliphatic heterocycles. The van der Waals surface area contributed by atoms with Crippen molar-refractivity contribution in [1.29, 1.82) is 0 Å².